The number of aryl methyl sites for hydroxylation is 1. The number of likely N-dealkylation sites (tertiary alicyclic amines) is 1. The van der Waals surface area contributed by atoms with E-state index in [1.54, 1.807) is 23.3 Å². The molecule has 0 aliphatic carbocycles. The van der Waals surface area contributed by atoms with Gasteiger partial charge in [-0.2, -0.15) is 0 Å². The van der Waals surface area contributed by atoms with Gasteiger partial charge in [0.25, 0.3) is 0 Å². The second-order valence-corrected chi connectivity index (χ2v) is 8.16. The Kier molecular flexibility index (Phi) is 5.42. The number of likely N-dealkylation sites (N-methyl/N-ethyl adjacent to an activating group) is 1. The third kappa shape index (κ3) is 4.81. The highest BCUT2D eigenvalue weighted by Crippen LogP contribution is 2.25. The normalized spacial score (nSPS) is 20.6. The quantitative estimate of drug-likeness (QED) is 0.862. The van der Waals surface area contributed by atoms with E-state index in [1.807, 2.05) is 37.3 Å². The second-order valence-electron chi connectivity index (χ2n) is 6.87. The number of nitrogens with one attached hydrogen (secondary N) is 1. The maximum atomic E-state index is 12.3. The van der Waals surface area contributed by atoms with Gasteiger partial charge < -0.3 is 10.0 Å². The second kappa shape index (κ2) is 7.56. The number of amides is 2. The number of carbonyl (C=O) groups excluding carboxylic acids is 1. The number of anilines is 1. The minimum atomic E-state index is -0.855. The summed E-state index contributed by atoms with van der Waals surface area (Å²) in [7, 11) is 1.73. The molecule has 3 rings (SSSR count). The predicted octanol–water partition coefficient (Wildman–Crippen LogP) is 3.16. The van der Waals surface area contributed by atoms with Gasteiger partial charge in [-0.1, -0.05) is 30.3 Å². The zero-order valence-electron chi connectivity index (χ0n) is 14.7. The minimum Gasteiger partial charge on any atom is -0.387 e. The van der Waals surface area contributed by atoms with Crippen molar-refractivity contribution in [3.8, 4) is 0 Å². The van der Waals surface area contributed by atoms with Crippen LogP contribution in [0.3, 0.4) is 0 Å². The summed E-state index contributed by atoms with van der Waals surface area (Å²) >= 11 is 1.55. The molecule has 2 aromatic rings. The number of hydrogen-bond acceptors (Lipinski definition) is 4. The summed E-state index contributed by atoms with van der Waals surface area (Å²) < 4.78 is 0. The fourth-order valence-electron chi connectivity index (χ4n) is 3.26. The molecule has 1 aromatic carbocycles. The Morgan fingerprint density at radius 3 is 2.76 bits per heavy atom. The van der Waals surface area contributed by atoms with E-state index < -0.39 is 5.60 Å². The topological polar surface area (TPSA) is 55.8 Å². The summed E-state index contributed by atoms with van der Waals surface area (Å²) in [6, 6.07) is 14.0. The molecular weight excluding hydrogens is 334 g/mol. The Hall–Kier alpha value is -1.89. The van der Waals surface area contributed by atoms with Gasteiger partial charge in [0.2, 0.25) is 0 Å². The molecule has 2 amide bonds. The highest BCUT2D eigenvalue weighted by molar-refractivity contribution is 7.16. The summed E-state index contributed by atoms with van der Waals surface area (Å²) in [4.78, 5) is 17.3. The fraction of sp³-hybridized carbons (Fsp3) is 0.421. The van der Waals surface area contributed by atoms with Gasteiger partial charge in [0.1, 0.15) is 0 Å². The molecule has 25 heavy (non-hydrogen) atoms. The van der Waals surface area contributed by atoms with E-state index in [0.717, 1.165) is 23.0 Å². The van der Waals surface area contributed by atoms with Crippen molar-refractivity contribution in [1.82, 2.24) is 9.80 Å². The van der Waals surface area contributed by atoms with Gasteiger partial charge in [0, 0.05) is 31.6 Å². The molecule has 134 valence electrons. The molecule has 1 saturated heterocycles. The molecule has 1 atom stereocenters. The van der Waals surface area contributed by atoms with Crippen LogP contribution in [-0.2, 0) is 6.54 Å². The third-order valence-electron chi connectivity index (χ3n) is 4.51. The lowest BCUT2D eigenvalue weighted by Gasteiger charge is -2.29. The standard InChI is InChI=1S/C19H25N3O2S/c1-15-8-9-17(25-15)20-18(23)21(2)13-19(24)10-11-22(14-19)12-16-6-4-3-5-7-16/h3-9,24H,10-14H2,1-2H3,(H,20,23). The van der Waals surface area contributed by atoms with Crippen LogP contribution >= 0.6 is 11.3 Å². The van der Waals surface area contributed by atoms with Crippen LogP contribution in [0, 0.1) is 6.92 Å². The van der Waals surface area contributed by atoms with Gasteiger partial charge in [-0.05, 0) is 31.0 Å². The van der Waals surface area contributed by atoms with E-state index >= 15 is 0 Å². The lowest BCUT2D eigenvalue weighted by molar-refractivity contribution is 0.0275. The van der Waals surface area contributed by atoms with Crippen molar-refractivity contribution in [2.24, 2.45) is 0 Å². The van der Waals surface area contributed by atoms with Crippen molar-refractivity contribution in [2.75, 3.05) is 32.0 Å². The number of urea groups is 1. The molecule has 0 saturated carbocycles. The van der Waals surface area contributed by atoms with Crippen molar-refractivity contribution >= 4 is 22.4 Å². The van der Waals surface area contributed by atoms with E-state index in [9.17, 15) is 9.90 Å². The van der Waals surface area contributed by atoms with E-state index in [-0.39, 0.29) is 6.03 Å². The molecule has 1 fully saturated rings. The molecular formula is C19H25N3O2S. The number of thiophene rings is 1. The van der Waals surface area contributed by atoms with Gasteiger partial charge >= 0.3 is 6.03 Å². The van der Waals surface area contributed by atoms with E-state index in [0.29, 0.717) is 19.5 Å². The van der Waals surface area contributed by atoms with Crippen LogP contribution in [0.25, 0.3) is 0 Å². The van der Waals surface area contributed by atoms with Crippen LogP contribution in [0.1, 0.15) is 16.9 Å². The molecule has 2 heterocycles. The predicted molar refractivity (Wildman–Crippen MR) is 102 cm³/mol. The number of hydrogen-bond donors (Lipinski definition) is 2. The van der Waals surface area contributed by atoms with E-state index in [1.165, 1.54) is 5.56 Å². The van der Waals surface area contributed by atoms with Gasteiger partial charge in [0.15, 0.2) is 0 Å². The molecule has 1 aliphatic rings. The first-order valence-corrected chi connectivity index (χ1v) is 9.32. The molecule has 1 unspecified atom stereocenters. The monoisotopic (exact) mass is 359 g/mol. The number of nitrogens with zero attached hydrogens (tertiary/aromatic N) is 2. The van der Waals surface area contributed by atoms with Gasteiger partial charge in [-0.3, -0.25) is 10.2 Å². The maximum absolute atomic E-state index is 12.3. The van der Waals surface area contributed by atoms with Crippen LogP contribution in [0.15, 0.2) is 42.5 Å². The number of aliphatic hydroxyl groups is 1. The lowest BCUT2D eigenvalue weighted by Crippen LogP contribution is -2.46. The van der Waals surface area contributed by atoms with Crippen LogP contribution in [-0.4, -0.2) is 53.2 Å². The average Bonchev–Trinajstić information content (AvgIpc) is 3.14. The molecule has 0 bridgehead atoms. The third-order valence-corrected chi connectivity index (χ3v) is 5.43. The zero-order valence-corrected chi connectivity index (χ0v) is 15.6. The van der Waals surface area contributed by atoms with Gasteiger partial charge in [0.05, 0.1) is 17.1 Å². The SMILES string of the molecule is Cc1ccc(NC(=O)N(C)CC2(O)CCN(Cc3ccccc3)C2)s1. The maximum Gasteiger partial charge on any atom is 0.322 e. The highest BCUT2D eigenvalue weighted by atomic mass is 32.1. The van der Waals surface area contributed by atoms with Crippen molar-refractivity contribution < 1.29 is 9.90 Å². The smallest absolute Gasteiger partial charge is 0.322 e. The summed E-state index contributed by atoms with van der Waals surface area (Å²) in [6.45, 7) is 4.58. The first-order chi connectivity index (χ1) is 11.9. The van der Waals surface area contributed by atoms with Crippen LogP contribution in [0.5, 0.6) is 0 Å². The number of rotatable bonds is 5. The van der Waals surface area contributed by atoms with E-state index in [4.69, 9.17) is 0 Å². The summed E-state index contributed by atoms with van der Waals surface area (Å²) in [5.41, 5.74) is 0.387. The Morgan fingerprint density at radius 2 is 2.08 bits per heavy atom. The van der Waals surface area contributed by atoms with E-state index in [2.05, 4.69) is 22.3 Å². The number of benzene rings is 1. The molecule has 6 heteroatoms. The van der Waals surface area contributed by atoms with Crippen LogP contribution < -0.4 is 5.32 Å². The highest BCUT2D eigenvalue weighted by Gasteiger charge is 2.37. The summed E-state index contributed by atoms with van der Waals surface area (Å²) in [5.74, 6) is 0. The first kappa shape index (κ1) is 17.9. The molecule has 0 spiro atoms. The first-order valence-electron chi connectivity index (χ1n) is 8.51. The Labute approximate surface area is 152 Å². The van der Waals surface area contributed by atoms with Crippen molar-refractivity contribution in [1.29, 1.82) is 0 Å². The molecule has 1 aromatic heterocycles. The molecule has 0 radical (unpaired) electrons. The number of carbonyl (C=O) groups is 1. The fourth-order valence-corrected chi connectivity index (χ4v) is 4.02. The Morgan fingerprint density at radius 1 is 1.32 bits per heavy atom. The summed E-state index contributed by atoms with van der Waals surface area (Å²) in [5, 5.41) is 14.6. The minimum absolute atomic E-state index is 0.184. The van der Waals surface area contributed by atoms with Crippen molar-refractivity contribution in [2.45, 2.75) is 25.5 Å². The Balaban J connectivity index is 1.52. The summed E-state index contributed by atoms with van der Waals surface area (Å²) in [6.07, 6.45) is 0.676. The average molecular weight is 359 g/mol. The molecule has 2 N–H and O–H groups in total. The lowest BCUT2D eigenvalue weighted by atomic mass is 10.0. The van der Waals surface area contributed by atoms with Crippen LogP contribution in [0.2, 0.25) is 0 Å². The largest absolute Gasteiger partial charge is 0.387 e. The molecule has 1 aliphatic heterocycles. The van der Waals surface area contributed by atoms with Crippen molar-refractivity contribution in [3.05, 3.63) is 52.9 Å². The zero-order chi connectivity index (χ0) is 17.9. The van der Waals surface area contributed by atoms with Gasteiger partial charge in [-0.25, -0.2) is 4.79 Å². The van der Waals surface area contributed by atoms with Crippen LogP contribution in [0.4, 0.5) is 9.80 Å². The van der Waals surface area contributed by atoms with Crippen molar-refractivity contribution in [3.63, 3.8) is 0 Å². The Bertz CT molecular complexity index is 718. The van der Waals surface area contributed by atoms with Gasteiger partial charge in [-0.15, -0.1) is 11.3 Å². The molecule has 5 nitrogen and oxygen atoms in total. The number of β-amino-alcohol motifs (C(OH)–C–C–N with tert-alkyl or cyclic N) is 1.